The average Bonchev–Trinajstić information content (AvgIpc) is 1.85. The summed E-state index contributed by atoms with van der Waals surface area (Å²) in [5.74, 6) is -2.42. The lowest BCUT2D eigenvalue weighted by Crippen LogP contribution is -2.38. The zero-order valence-corrected chi connectivity index (χ0v) is 6.90. The molecule has 0 heterocycles. The Morgan fingerprint density at radius 2 is 2.00 bits per heavy atom. The molecule has 9 heteroatoms. The molecule has 0 aromatic rings. The molecule has 0 aliphatic rings. The Morgan fingerprint density at radius 3 is 2.25 bits per heavy atom. The van der Waals surface area contributed by atoms with Gasteiger partial charge in [0.25, 0.3) is 0 Å². The van der Waals surface area contributed by atoms with Gasteiger partial charge >= 0.3 is 21.3 Å². The van der Waals surface area contributed by atoms with Crippen LogP contribution in [0.25, 0.3) is 0 Å². The summed E-state index contributed by atoms with van der Waals surface area (Å²) in [6.45, 7) is 0. The fraction of sp³-hybridized carbons (Fsp3) is 0.667. The van der Waals surface area contributed by atoms with E-state index in [1.807, 2.05) is 0 Å². The highest BCUT2D eigenvalue weighted by molar-refractivity contribution is 7.87. The standard InChI is InChI=1S/C3H3ClF2O5S/c4-1-11-2(7)3(5,6)12(8,9)10/h1H2,(H,8,9,10). The number of rotatable bonds is 3. The van der Waals surface area contributed by atoms with Crippen LogP contribution in [-0.2, 0) is 19.6 Å². The largest absolute Gasteiger partial charge is 0.465 e. The summed E-state index contributed by atoms with van der Waals surface area (Å²) in [7, 11) is -5.79. The van der Waals surface area contributed by atoms with Crippen molar-refractivity contribution in [3.05, 3.63) is 0 Å². The molecule has 1 N–H and O–H groups in total. The fourth-order valence-corrected chi connectivity index (χ4v) is 0.608. The van der Waals surface area contributed by atoms with E-state index < -0.39 is 27.4 Å². The molecule has 0 saturated heterocycles. The van der Waals surface area contributed by atoms with Crippen molar-refractivity contribution in [2.75, 3.05) is 6.07 Å². The number of hydrogen-bond acceptors (Lipinski definition) is 4. The third-order valence-electron chi connectivity index (χ3n) is 0.747. The molecule has 0 unspecified atom stereocenters. The molecule has 0 spiro atoms. The third-order valence-corrected chi connectivity index (χ3v) is 1.67. The lowest BCUT2D eigenvalue weighted by molar-refractivity contribution is -0.159. The van der Waals surface area contributed by atoms with E-state index in [-0.39, 0.29) is 0 Å². The number of hydrogen-bond donors (Lipinski definition) is 1. The van der Waals surface area contributed by atoms with Gasteiger partial charge in [0.2, 0.25) is 0 Å². The Hall–Kier alpha value is -0.470. The van der Waals surface area contributed by atoms with Gasteiger partial charge in [0, 0.05) is 0 Å². The maximum atomic E-state index is 12.1. The van der Waals surface area contributed by atoms with Crippen LogP contribution in [0.1, 0.15) is 0 Å². The first-order valence-electron chi connectivity index (χ1n) is 2.31. The first kappa shape index (κ1) is 11.5. The summed E-state index contributed by atoms with van der Waals surface area (Å²) in [6, 6.07) is -0.927. The molecular weight excluding hydrogens is 222 g/mol. The highest BCUT2D eigenvalue weighted by atomic mass is 35.5. The molecule has 0 aromatic heterocycles. The minimum absolute atomic E-state index is 0.927. The van der Waals surface area contributed by atoms with Gasteiger partial charge in [0.05, 0.1) is 0 Å². The monoisotopic (exact) mass is 224 g/mol. The first-order valence-corrected chi connectivity index (χ1v) is 4.29. The molecule has 72 valence electrons. The van der Waals surface area contributed by atoms with Crippen LogP contribution in [0.2, 0.25) is 0 Å². The van der Waals surface area contributed by atoms with E-state index in [2.05, 4.69) is 4.74 Å². The van der Waals surface area contributed by atoms with E-state index in [1.165, 1.54) is 0 Å². The molecule has 0 atom stereocenters. The predicted molar refractivity (Wildman–Crippen MR) is 33.3 cm³/mol. The van der Waals surface area contributed by atoms with Crippen molar-refractivity contribution in [3.63, 3.8) is 0 Å². The van der Waals surface area contributed by atoms with E-state index in [4.69, 9.17) is 16.2 Å². The highest BCUT2D eigenvalue weighted by Crippen LogP contribution is 2.21. The second-order valence-corrected chi connectivity index (χ2v) is 3.21. The molecule has 0 bridgehead atoms. The lowest BCUT2D eigenvalue weighted by atomic mass is 10.7. The Kier molecular flexibility index (Phi) is 3.36. The van der Waals surface area contributed by atoms with Gasteiger partial charge in [-0.25, -0.2) is 4.79 Å². The third kappa shape index (κ3) is 2.26. The number of halogens is 3. The molecule has 0 aromatic carbocycles. The Labute approximate surface area is 71.0 Å². The van der Waals surface area contributed by atoms with Gasteiger partial charge in [-0.15, -0.1) is 0 Å². The number of carbonyl (C=O) groups is 1. The van der Waals surface area contributed by atoms with Crippen LogP contribution >= 0.6 is 11.6 Å². The molecular formula is C3H3ClF2O5S. The minimum atomic E-state index is -5.79. The molecule has 0 aliphatic heterocycles. The van der Waals surface area contributed by atoms with Crippen LogP contribution in [0.15, 0.2) is 0 Å². The summed E-state index contributed by atoms with van der Waals surface area (Å²) in [4.78, 5) is 10.1. The van der Waals surface area contributed by atoms with Gasteiger partial charge in [-0.05, 0) is 0 Å². The second-order valence-electron chi connectivity index (χ2n) is 1.53. The Bertz CT molecular complexity index is 272. The van der Waals surface area contributed by atoms with Crippen molar-refractivity contribution in [1.29, 1.82) is 0 Å². The average molecular weight is 225 g/mol. The zero-order valence-electron chi connectivity index (χ0n) is 5.33. The molecule has 0 fully saturated rings. The summed E-state index contributed by atoms with van der Waals surface area (Å²) >= 11 is 4.70. The van der Waals surface area contributed by atoms with E-state index >= 15 is 0 Å². The topological polar surface area (TPSA) is 80.7 Å². The maximum Gasteiger partial charge on any atom is 0.465 e. The van der Waals surface area contributed by atoms with Crippen LogP contribution in [0, 0.1) is 0 Å². The van der Waals surface area contributed by atoms with Crippen LogP contribution < -0.4 is 0 Å². The van der Waals surface area contributed by atoms with E-state index in [9.17, 15) is 22.0 Å². The molecule has 0 aliphatic carbocycles. The van der Waals surface area contributed by atoms with Gasteiger partial charge < -0.3 is 4.74 Å². The van der Waals surface area contributed by atoms with Gasteiger partial charge in [-0.3, -0.25) is 4.55 Å². The quantitative estimate of drug-likeness (QED) is 0.421. The molecule has 5 nitrogen and oxygen atoms in total. The molecule has 0 saturated carbocycles. The number of ether oxygens (including phenoxy) is 1. The SMILES string of the molecule is O=C(OCCl)C(F)(F)S(=O)(=O)O. The van der Waals surface area contributed by atoms with Crippen molar-refractivity contribution in [2.24, 2.45) is 0 Å². The maximum absolute atomic E-state index is 12.1. The molecule has 0 radical (unpaired) electrons. The number of carbonyl (C=O) groups excluding carboxylic acids is 1. The summed E-state index contributed by atoms with van der Waals surface area (Å²) in [5.41, 5.74) is 0. The van der Waals surface area contributed by atoms with Gasteiger partial charge in [-0.1, -0.05) is 11.6 Å². The summed E-state index contributed by atoms with van der Waals surface area (Å²) in [5, 5.41) is -4.97. The van der Waals surface area contributed by atoms with E-state index in [0.29, 0.717) is 0 Å². The Balaban J connectivity index is 4.75. The fourth-order valence-electron chi connectivity index (χ4n) is 0.239. The number of alkyl halides is 3. The van der Waals surface area contributed by atoms with Crippen LogP contribution in [0.4, 0.5) is 8.78 Å². The number of esters is 1. The Morgan fingerprint density at radius 1 is 1.58 bits per heavy atom. The summed E-state index contributed by atoms with van der Waals surface area (Å²) in [6.07, 6.45) is 0. The van der Waals surface area contributed by atoms with E-state index in [0.717, 1.165) is 0 Å². The molecule has 0 amide bonds. The smallest absolute Gasteiger partial charge is 0.444 e. The van der Waals surface area contributed by atoms with Crippen LogP contribution in [-0.4, -0.2) is 30.3 Å². The van der Waals surface area contributed by atoms with Crippen molar-refractivity contribution >= 4 is 27.7 Å². The summed E-state index contributed by atoms with van der Waals surface area (Å²) < 4.78 is 55.2. The normalized spacial score (nSPS) is 12.7. The van der Waals surface area contributed by atoms with Crippen molar-refractivity contribution < 1.29 is 31.3 Å². The van der Waals surface area contributed by atoms with Gasteiger partial charge in [0.1, 0.15) is 0 Å². The van der Waals surface area contributed by atoms with Crippen molar-refractivity contribution in [1.82, 2.24) is 0 Å². The van der Waals surface area contributed by atoms with Crippen LogP contribution in [0.3, 0.4) is 0 Å². The van der Waals surface area contributed by atoms with Gasteiger partial charge in [0.15, 0.2) is 6.07 Å². The van der Waals surface area contributed by atoms with Crippen LogP contribution in [0.5, 0.6) is 0 Å². The second kappa shape index (κ2) is 3.50. The molecule has 12 heavy (non-hydrogen) atoms. The highest BCUT2D eigenvalue weighted by Gasteiger charge is 2.54. The lowest BCUT2D eigenvalue weighted by Gasteiger charge is -2.09. The first-order chi connectivity index (χ1) is 5.23. The van der Waals surface area contributed by atoms with Crippen molar-refractivity contribution in [3.8, 4) is 0 Å². The minimum Gasteiger partial charge on any atom is -0.444 e. The predicted octanol–water partition coefficient (Wildman–Crippen LogP) is 0.207. The molecule has 0 rings (SSSR count). The zero-order chi connectivity index (χ0) is 9.99. The van der Waals surface area contributed by atoms with Gasteiger partial charge in [-0.2, -0.15) is 17.2 Å². The van der Waals surface area contributed by atoms with Crippen molar-refractivity contribution in [2.45, 2.75) is 5.25 Å². The van der Waals surface area contributed by atoms with E-state index in [1.54, 1.807) is 0 Å².